The maximum absolute atomic E-state index is 13.7. The highest BCUT2D eigenvalue weighted by atomic mass is 79.9. The highest BCUT2D eigenvalue weighted by molar-refractivity contribution is 9.10. The number of fused-ring (bicyclic) bond motifs is 4. The summed E-state index contributed by atoms with van der Waals surface area (Å²) in [5, 5.41) is 16.5. The molecule has 1 spiro atoms. The molecule has 3 aromatic rings. The first-order valence-corrected chi connectivity index (χ1v) is 13.1. The van der Waals surface area contributed by atoms with E-state index in [0.717, 1.165) is 28.4 Å². The van der Waals surface area contributed by atoms with Crippen molar-refractivity contribution in [2.24, 2.45) is 0 Å². The largest absolute Gasteiger partial charge is 0.489 e. The number of nitrogens with one attached hydrogen (secondary N) is 1. The molecule has 1 N–H and O–H groups in total. The Morgan fingerprint density at radius 2 is 1.94 bits per heavy atom. The Hall–Kier alpha value is -2.94. The molecular formula is C27H23BrClN3O4. The van der Waals surface area contributed by atoms with Gasteiger partial charge in [-0.15, -0.1) is 0 Å². The summed E-state index contributed by atoms with van der Waals surface area (Å²) >= 11 is 9.57. The SMILES string of the molecule is O=C1Nc2ccccc2[C@]12[C@H]([N+](=O)[O-])[C@@H](c1cc(Br)ccc1OCc1ccc(Cl)cc1)[C@@H]1CCCN12. The van der Waals surface area contributed by atoms with Crippen LogP contribution in [0.25, 0.3) is 0 Å². The van der Waals surface area contributed by atoms with Crippen LogP contribution < -0.4 is 10.1 Å². The number of nitro groups is 1. The number of carbonyl (C=O) groups excluding carboxylic acids is 1. The predicted molar refractivity (Wildman–Crippen MR) is 140 cm³/mol. The molecule has 2 fully saturated rings. The van der Waals surface area contributed by atoms with Gasteiger partial charge < -0.3 is 10.1 Å². The van der Waals surface area contributed by atoms with Gasteiger partial charge in [-0.1, -0.05) is 57.9 Å². The van der Waals surface area contributed by atoms with Crippen molar-refractivity contribution in [1.82, 2.24) is 4.90 Å². The second kappa shape index (κ2) is 8.87. The minimum atomic E-state index is -1.36. The third-order valence-electron chi connectivity index (χ3n) is 7.73. The van der Waals surface area contributed by atoms with Gasteiger partial charge in [0.1, 0.15) is 12.4 Å². The van der Waals surface area contributed by atoms with Crippen LogP contribution in [-0.4, -0.2) is 34.4 Å². The topological polar surface area (TPSA) is 84.7 Å². The monoisotopic (exact) mass is 567 g/mol. The zero-order valence-corrected chi connectivity index (χ0v) is 21.5. The van der Waals surface area contributed by atoms with Crippen molar-refractivity contribution in [3.05, 3.63) is 103 Å². The van der Waals surface area contributed by atoms with Gasteiger partial charge in [-0.3, -0.25) is 19.8 Å². The molecule has 4 atom stereocenters. The van der Waals surface area contributed by atoms with Gasteiger partial charge in [-0.2, -0.15) is 0 Å². The normalized spacial score (nSPS) is 26.6. The van der Waals surface area contributed by atoms with Crippen LogP contribution in [0.15, 0.2) is 71.2 Å². The van der Waals surface area contributed by atoms with E-state index < -0.39 is 17.5 Å². The van der Waals surface area contributed by atoms with Crippen LogP contribution in [0.5, 0.6) is 5.75 Å². The van der Waals surface area contributed by atoms with Crippen molar-refractivity contribution in [2.75, 3.05) is 11.9 Å². The summed E-state index contributed by atoms with van der Waals surface area (Å²) in [7, 11) is 0. The van der Waals surface area contributed by atoms with Crippen molar-refractivity contribution in [3.63, 3.8) is 0 Å². The third-order valence-corrected chi connectivity index (χ3v) is 8.48. The number of nitrogens with zero attached hydrogens (tertiary/aromatic N) is 2. The average Bonchev–Trinajstić information content (AvgIpc) is 3.52. The number of rotatable bonds is 5. The lowest BCUT2D eigenvalue weighted by atomic mass is 9.77. The van der Waals surface area contributed by atoms with E-state index >= 15 is 0 Å². The van der Waals surface area contributed by atoms with Crippen LogP contribution in [-0.2, 0) is 16.9 Å². The zero-order chi connectivity index (χ0) is 25.0. The van der Waals surface area contributed by atoms with E-state index in [0.29, 0.717) is 35.2 Å². The zero-order valence-electron chi connectivity index (χ0n) is 19.2. The van der Waals surface area contributed by atoms with Crippen LogP contribution in [0.2, 0.25) is 5.02 Å². The molecule has 0 aliphatic carbocycles. The molecule has 36 heavy (non-hydrogen) atoms. The summed E-state index contributed by atoms with van der Waals surface area (Å²) in [5.41, 5.74) is 1.65. The molecule has 3 heterocycles. The van der Waals surface area contributed by atoms with Crippen LogP contribution in [0.3, 0.4) is 0 Å². The van der Waals surface area contributed by atoms with Crippen LogP contribution in [0, 0.1) is 10.1 Å². The van der Waals surface area contributed by atoms with Gasteiger partial charge in [0, 0.05) is 43.8 Å². The molecule has 7 nitrogen and oxygen atoms in total. The summed E-state index contributed by atoms with van der Waals surface area (Å²) in [6, 6.07) is 19.0. The fourth-order valence-corrected chi connectivity index (χ4v) is 6.91. The molecule has 6 rings (SSSR count). The molecule has 184 valence electrons. The van der Waals surface area contributed by atoms with Gasteiger partial charge in [0.15, 0.2) is 5.54 Å². The molecule has 1 amide bonds. The number of benzene rings is 3. The predicted octanol–water partition coefficient (Wildman–Crippen LogP) is 5.74. The first kappa shape index (κ1) is 23.5. The minimum Gasteiger partial charge on any atom is -0.489 e. The lowest BCUT2D eigenvalue weighted by molar-refractivity contribution is -0.534. The van der Waals surface area contributed by atoms with Crippen molar-refractivity contribution in [1.29, 1.82) is 0 Å². The lowest BCUT2D eigenvalue weighted by Gasteiger charge is -2.32. The molecule has 0 unspecified atom stereocenters. The third kappa shape index (κ3) is 3.46. The van der Waals surface area contributed by atoms with Crippen LogP contribution >= 0.6 is 27.5 Å². The van der Waals surface area contributed by atoms with Gasteiger partial charge in [0.25, 0.3) is 11.9 Å². The summed E-state index contributed by atoms with van der Waals surface area (Å²) in [4.78, 5) is 28.4. The first-order valence-electron chi connectivity index (χ1n) is 11.9. The fraction of sp³-hybridized carbons (Fsp3) is 0.296. The van der Waals surface area contributed by atoms with Gasteiger partial charge >= 0.3 is 0 Å². The highest BCUT2D eigenvalue weighted by Crippen LogP contribution is 2.59. The van der Waals surface area contributed by atoms with E-state index in [2.05, 4.69) is 26.1 Å². The van der Waals surface area contributed by atoms with E-state index in [9.17, 15) is 14.9 Å². The van der Waals surface area contributed by atoms with Gasteiger partial charge in [0.2, 0.25) is 0 Å². The first-order chi connectivity index (χ1) is 17.4. The molecule has 0 saturated carbocycles. The maximum atomic E-state index is 13.7. The van der Waals surface area contributed by atoms with E-state index in [1.807, 2.05) is 54.6 Å². The van der Waals surface area contributed by atoms with E-state index in [-0.39, 0.29) is 16.9 Å². The summed E-state index contributed by atoms with van der Waals surface area (Å²) < 4.78 is 7.05. The average molecular weight is 569 g/mol. The second-order valence-corrected chi connectivity index (χ2v) is 10.9. The number of halogens is 2. The standard InChI is InChI=1S/C27H23BrClN3O4/c28-17-9-12-23(36-15-16-7-10-18(29)11-8-16)19(14-17)24-22-6-3-13-31(22)27(25(24)32(34)35)20-4-1-2-5-21(20)30-26(27)33/h1-2,4-5,7-12,14,22,24-25H,3,6,13,15H2,(H,30,33)/t22-,24-,25+,27-/m0/s1. The molecule has 9 heteroatoms. The van der Waals surface area contributed by atoms with Gasteiger partial charge in [-0.05, 0) is 54.8 Å². The van der Waals surface area contributed by atoms with Crippen LogP contribution in [0.4, 0.5) is 5.69 Å². The quantitative estimate of drug-likeness (QED) is 0.314. The molecule has 3 aliphatic rings. The number of hydrogen-bond donors (Lipinski definition) is 1. The van der Waals surface area contributed by atoms with Crippen molar-refractivity contribution in [3.8, 4) is 5.75 Å². The fourth-order valence-electron chi connectivity index (χ4n) is 6.40. The Balaban J connectivity index is 1.47. The smallest absolute Gasteiger partial charge is 0.256 e. The summed E-state index contributed by atoms with van der Waals surface area (Å²) in [5.74, 6) is -0.267. The van der Waals surface area contributed by atoms with E-state index in [4.69, 9.17) is 16.3 Å². The maximum Gasteiger partial charge on any atom is 0.256 e. The van der Waals surface area contributed by atoms with Crippen molar-refractivity contribution in [2.45, 2.75) is 43.0 Å². The molecule has 0 aromatic heterocycles. The molecule has 3 aliphatic heterocycles. The van der Waals surface area contributed by atoms with Gasteiger partial charge in [0.05, 0.1) is 5.92 Å². The summed E-state index contributed by atoms with van der Waals surface area (Å²) in [6.45, 7) is 0.923. The van der Waals surface area contributed by atoms with Gasteiger partial charge in [-0.25, -0.2) is 0 Å². The second-order valence-electron chi connectivity index (χ2n) is 9.52. The summed E-state index contributed by atoms with van der Waals surface area (Å²) in [6.07, 6.45) is 1.65. The molecule has 3 aromatic carbocycles. The molecule has 0 bridgehead atoms. The molecule has 2 saturated heterocycles. The Kier molecular flexibility index (Phi) is 5.78. The number of hydrogen-bond acceptors (Lipinski definition) is 5. The van der Waals surface area contributed by atoms with Crippen molar-refractivity contribution < 1.29 is 14.5 Å². The number of ether oxygens (including phenoxy) is 1. The Morgan fingerprint density at radius 1 is 1.17 bits per heavy atom. The highest BCUT2D eigenvalue weighted by Gasteiger charge is 2.73. The Bertz CT molecular complexity index is 1370. The number of anilines is 1. The van der Waals surface area contributed by atoms with Crippen LogP contribution in [0.1, 0.15) is 35.4 Å². The Labute approximate surface area is 221 Å². The molecule has 0 radical (unpaired) electrons. The molecular weight excluding hydrogens is 546 g/mol. The number of para-hydroxylation sites is 1. The van der Waals surface area contributed by atoms with E-state index in [1.54, 1.807) is 12.1 Å². The Morgan fingerprint density at radius 3 is 2.72 bits per heavy atom. The number of amides is 1. The van der Waals surface area contributed by atoms with Crippen molar-refractivity contribution >= 4 is 39.1 Å². The lowest BCUT2D eigenvalue weighted by Crippen LogP contribution is -2.55. The number of carbonyl (C=O) groups is 1. The minimum absolute atomic E-state index is 0.163. The van der Waals surface area contributed by atoms with E-state index in [1.165, 1.54) is 0 Å².